The van der Waals surface area contributed by atoms with Crippen LogP contribution < -0.4 is 0 Å². The summed E-state index contributed by atoms with van der Waals surface area (Å²) in [7, 11) is 0. The molecule has 0 saturated carbocycles. The second-order valence-corrected chi connectivity index (χ2v) is 8.38. The highest BCUT2D eigenvalue weighted by atomic mass is 15.1. The van der Waals surface area contributed by atoms with E-state index in [0.29, 0.717) is 0 Å². The Hall–Kier alpha value is -0.300. The van der Waals surface area contributed by atoms with E-state index in [-0.39, 0.29) is 0 Å². The third-order valence-electron chi connectivity index (χ3n) is 5.88. The monoisotopic (exact) mass is 379 g/mol. The Balaban J connectivity index is 3.11. The van der Waals surface area contributed by atoms with Gasteiger partial charge in [0.2, 0.25) is 0 Å². The summed E-state index contributed by atoms with van der Waals surface area (Å²) in [5.74, 6) is 0. The molecule has 0 radical (unpaired) electrons. The molecule has 162 valence electrons. The van der Waals surface area contributed by atoms with Crippen LogP contribution in [-0.4, -0.2) is 24.5 Å². The minimum absolute atomic E-state index is 1.21. The minimum atomic E-state index is 1.21. The van der Waals surface area contributed by atoms with Gasteiger partial charge in [-0.25, -0.2) is 0 Å². The topological polar surface area (TPSA) is 3.24 Å². The van der Waals surface area contributed by atoms with Crippen molar-refractivity contribution in [1.29, 1.82) is 0 Å². The minimum Gasteiger partial charge on any atom is -0.304 e. The van der Waals surface area contributed by atoms with Gasteiger partial charge >= 0.3 is 0 Å². The summed E-state index contributed by atoms with van der Waals surface area (Å²) in [4.78, 5) is 2.55. The standard InChI is InChI=1S/C26H53N/c1-4-7-8-9-10-11-12-13-14-15-16-17-18-19-20-21-22-23-24-25-26-27(5-2)6-3/h13-14H,4-12,15-26H2,1-3H3/b14-13-. The fourth-order valence-electron chi connectivity index (χ4n) is 3.83. The lowest BCUT2D eigenvalue weighted by Crippen LogP contribution is -2.23. The molecule has 0 aromatic carbocycles. The van der Waals surface area contributed by atoms with E-state index in [2.05, 4.69) is 37.8 Å². The lowest BCUT2D eigenvalue weighted by atomic mass is 10.1. The van der Waals surface area contributed by atoms with Crippen LogP contribution in [0.3, 0.4) is 0 Å². The van der Waals surface area contributed by atoms with Crippen LogP contribution in [0.5, 0.6) is 0 Å². The molecule has 0 N–H and O–H groups in total. The summed E-state index contributed by atoms with van der Waals surface area (Å²) < 4.78 is 0. The first-order valence-electron chi connectivity index (χ1n) is 12.7. The first kappa shape index (κ1) is 26.7. The number of nitrogens with zero attached hydrogens (tertiary/aromatic N) is 1. The smallest absolute Gasteiger partial charge is 0.00190 e. The van der Waals surface area contributed by atoms with E-state index in [4.69, 9.17) is 0 Å². The normalized spacial score (nSPS) is 11.9. The van der Waals surface area contributed by atoms with E-state index in [1.807, 2.05) is 0 Å². The Morgan fingerprint density at radius 3 is 1.22 bits per heavy atom. The van der Waals surface area contributed by atoms with Gasteiger partial charge in [-0.05, 0) is 51.7 Å². The third kappa shape index (κ3) is 21.9. The van der Waals surface area contributed by atoms with Crippen molar-refractivity contribution in [3.8, 4) is 0 Å². The number of hydrogen-bond donors (Lipinski definition) is 0. The van der Waals surface area contributed by atoms with Gasteiger partial charge in [0.15, 0.2) is 0 Å². The zero-order valence-electron chi connectivity index (χ0n) is 19.5. The summed E-state index contributed by atoms with van der Waals surface area (Å²) in [5.41, 5.74) is 0. The molecule has 0 aliphatic rings. The van der Waals surface area contributed by atoms with Crippen molar-refractivity contribution in [2.75, 3.05) is 19.6 Å². The zero-order chi connectivity index (χ0) is 19.8. The number of rotatable bonds is 22. The predicted molar refractivity (Wildman–Crippen MR) is 126 cm³/mol. The molecule has 0 fully saturated rings. The van der Waals surface area contributed by atoms with Crippen molar-refractivity contribution in [2.24, 2.45) is 0 Å². The Morgan fingerprint density at radius 2 is 0.815 bits per heavy atom. The van der Waals surface area contributed by atoms with Gasteiger partial charge in [-0.15, -0.1) is 0 Å². The van der Waals surface area contributed by atoms with Crippen molar-refractivity contribution >= 4 is 0 Å². The van der Waals surface area contributed by atoms with Gasteiger partial charge in [0, 0.05) is 0 Å². The average molecular weight is 380 g/mol. The molecule has 0 atom stereocenters. The summed E-state index contributed by atoms with van der Waals surface area (Å²) in [6, 6.07) is 0. The lowest BCUT2D eigenvalue weighted by molar-refractivity contribution is 0.295. The van der Waals surface area contributed by atoms with E-state index >= 15 is 0 Å². The summed E-state index contributed by atoms with van der Waals surface area (Å²) in [6.45, 7) is 10.6. The first-order chi connectivity index (χ1) is 13.3. The van der Waals surface area contributed by atoms with Crippen LogP contribution in [-0.2, 0) is 0 Å². The molecule has 0 aliphatic heterocycles. The molecule has 0 heterocycles. The maximum Gasteiger partial charge on any atom is -0.00190 e. The molecule has 0 aromatic rings. The molecule has 0 unspecified atom stereocenters. The molecule has 0 aromatic heterocycles. The molecule has 0 amide bonds. The van der Waals surface area contributed by atoms with E-state index in [0.717, 1.165) is 0 Å². The van der Waals surface area contributed by atoms with Gasteiger partial charge in [-0.1, -0.05) is 116 Å². The Kier molecular flexibility index (Phi) is 23.5. The van der Waals surface area contributed by atoms with Gasteiger partial charge in [0.25, 0.3) is 0 Å². The third-order valence-corrected chi connectivity index (χ3v) is 5.88. The molecule has 27 heavy (non-hydrogen) atoms. The highest BCUT2D eigenvalue weighted by molar-refractivity contribution is 4.81. The van der Waals surface area contributed by atoms with Crippen LogP contribution in [0.15, 0.2) is 12.2 Å². The maximum atomic E-state index is 2.55. The van der Waals surface area contributed by atoms with Crippen LogP contribution in [0.25, 0.3) is 0 Å². The molecular weight excluding hydrogens is 326 g/mol. The van der Waals surface area contributed by atoms with Crippen molar-refractivity contribution in [3.63, 3.8) is 0 Å². The molecule has 1 nitrogen and oxygen atoms in total. The highest BCUT2D eigenvalue weighted by Gasteiger charge is 1.98. The van der Waals surface area contributed by atoms with Gasteiger partial charge in [-0.2, -0.15) is 0 Å². The second-order valence-electron chi connectivity index (χ2n) is 8.38. The van der Waals surface area contributed by atoms with Gasteiger partial charge in [-0.3, -0.25) is 0 Å². The molecular formula is C26H53N. The highest BCUT2D eigenvalue weighted by Crippen LogP contribution is 2.12. The Morgan fingerprint density at radius 1 is 0.444 bits per heavy atom. The van der Waals surface area contributed by atoms with Gasteiger partial charge in [0.05, 0.1) is 0 Å². The van der Waals surface area contributed by atoms with E-state index in [9.17, 15) is 0 Å². The molecule has 0 bridgehead atoms. The predicted octanol–water partition coefficient (Wildman–Crippen LogP) is 8.93. The fourth-order valence-corrected chi connectivity index (χ4v) is 3.83. The van der Waals surface area contributed by atoms with Crippen LogP contribution in [0, 0.1) is 0 Å². The molecule has 0 spiro atoms. The van der Waals surface area contributed by atoms with Crippen LogP contribution in [0.4, 0.5) is 0 Å². The molecule has 1 heteroatoms. The first-order valence-corrected chi connectivity index (χ1v) is 12.7. The molecule has 0 aliphatic carbocycles. The van der Waals surface area contributed by atoms with Crippen LogP contribution >= 0.6 is 0 Å². The second kappa shape index (κ2) is 23.7. The quantitative estimate of drug-likeness (QED) is 0.134. The Bertz CT molecular complexity index is 280. The zero-order valence-corrected chi connectivity index (χ0v) is 19.5. The number of hydrogen-bond acceptors (Lipinski definition) is 1. The molecule has 0 saturated heterocycles. The van der Waals surface area contributed by atoms with Gasteiger partial charge < -0.3 is 4.90 Å². The van der Waals surface area contributed by atoms with E-state index in [1.54, 1.807) is 0 Å². The summed E-state index contributed by atoms with van der Waals surface area (Å²) >= 11 is 0. The van der Waals surface area contributed by atoms with E-state index in [1.165, 1.54) is 135 Å². The maximum absolute atomic E-state index is 2.55. The van der Waals surface area contributed by atoms with Crippen LogP contribution in [0.2, 0.25) is 0 Å². The SMILES string of the molecule is CCCCCCCC/C=C\CCCCCCCCCCCCN(CC)CC. The Labute approximate surface area is 173 Å². The van der Waals surface area contributed by atoms with Crippen molar-refractivity contribution < 1.29 is 0 Å². The summed E-state index contributed by atoms with van der Waals surface area (Å²) in [5, 5.41) is 0. The fraction of sp³-hybridized carbons (Fsp3) is 0.923. The van der Waals surface area contributed by atoms with Crippen molar-refractivity contribution in [2.45, 2.75) is 136 Å². The van der Waals surface area contributed by atoms with Crippen molar-refractivity contribution in [1.82, 2.24) is 4.90 Å². The van der Waals surface area contributed by atoms with Gasteiger partial charge in [0.1, 0.15) is 0 Å². The van der Waals surface area contributed by atoms with E-state index < -0.39 is 0 Å². The largest absolute Gasteiger partial charge is 0.304 e. The lowest BCUT2D eigenvalue weighted by Gasteiger charge is -2.17. The van der Waals surface area contributed by atoms with Crippen LogP contribution in [0.1, 0.15) is 136 Å². The molecule has 0 rings (SSSR count). The number of unbranched alkanes of at least 4 members (excludes halogenated alkanes) is 16. The number of allylic oxidation sites excluding steroid dienone is 2. The average Bonchev–Trinajstić information content (AvgIpc) is 2.69. The van der Waals surface area contributed by atoms with Crippen molar-refractivity contribution in [3.05, 3.63) is 12.2 Å². The summed E-state index contributed by atoms with van der Waals surface area (Å²) in [6.07, 6.45) is 30.4.